The van der Waals surface area contributed by atoms with Gasteiger partial charge in [0.2, 0.25) is 0 Å². The average Bonchev–Trinajstić information content (AvgIpc) is 1.77. The maximum absolute atomic E-state index is 8.92. The van der Waals surface area contributed by atoms with Gasteiger partial charge in [-0.25, -0.2) is 0 Å². The minimum absolute atomic E-state index is 0. The van der Waals surface area contributed by atoms with Crippen LogP contribution in [0.1, 0.15) is 5.56 Å². The Hall–Kier alpha value is 0.0719. The molecule has 0 saturated carbocycles. The zero-order valence-corrected chi connectivity index (χ0v) is 9.42. The molecule has 1 rings (SSSR count). The van der Waals surface area contributed by atoms with E-state index in [1.54, 1.807) is 6.07 Å². The second-order valence-electron chi connectivity index (χ2n) is 1.79. The Bertz CT molecular complexity index is 165. The SMILES string of the molecule is Cc1ccccc1O.[U]. The Kier molecular flexibility index (Phi) is 4.01. The molecule has 0 aliphatic rings. The number of hydrogen-bond acceptors (Lipinski definition) is 1. The number of benzene rings is 1. The van der Waals surface area contributed by atoms with E-state index in [0.717, 1.165) is 5.56 Å². The second-order valence-corrected chi connectivity index (χ2v) is 1.79. The maximum Gasteiger partial charge on any atom is 0.118 e. The van der Waals surface area contributed by atoms with Crippen LogP contribution in [-0.2, 0) is 0 Å². The summed E-state index contributed by atoms with van der Waals surface area (Å²) in [5, 5.41) is 8.92. The van der Waals surface area contributed by atoms with Gasteiger partial charge in [-0.1, -0.05) is 18.2 Å². The Balaban J connectivity index is 0.000000640. The van der Waals surface area contributed by atoms with E-state index in [2.05, 4.69) is 0 Å². The van der Waals surface area contributed by atoms with Crippen molar-refractivity contribution in [1.29, 1.82) is 0 Å². The molecule has 0 aliphatic carbocycles. The van der Waals surface area contributed by atoms with Crippen molar-refractivity contribution < 1.29 is 36.2 Å². The van der Waals surface area contributed by atoms with E-state index in [4.69, 9.17) is 5.11 Å². The Morgan fingerprint density at radius 3 is 2.11 bits per heavy atom. The molecule has 0 unspecified atom stereocenters. The molecule has 0 aliphatic heterocycles. The van der Waals surface area contributed by atoms with Crippen LogP contribution in [0.15, 0.2) is 24.3 Å². The zero-order chi connectivity index (χ0) is 5.98. The van der Waals surface area contributed by atoms with Gasteiger partial charge < -0.3 is 5.11 Å². The second kappa shape index (κ2) is 3.98. The average molecular weight is 346 g/mol. The van der Waals surface area contributed by atoms with E-state index in [0.29, 0.717) is 5.75 Å². The number of rotatable bonds is 0. The molecule has 1 nitrogen and oxygen atoms in total. The number of phenolic OH excluding ortho intramolecular Hbond substituents is 1. The predicted molar refractivity (Wildman–Crippen MR) is 32.8 cm³/mol. The minimum atomic E-state index is 0. The molecule has 0 spiro atoms. The van der Waals surface area contributed by atoms with E-state index in [9.17, 15) is 0 Å². The Morgan fingerprint density at radius 2 is 1.78 bits per heavy atom. The summed E-state index contributed by atoms with van der Waals surface area (Å²) < 4.78 is 0. The molecule has 0 amide bonds. The van der Waals surface area contributed by atoms with Gasteiger partial charge in [0.05, 0.1) is 0 Å². The summed E-state index contributed by atoms with van der Waals surface area (Å²) in [5.74, 6) is 0.368. The first kappa shape index (κ1) is 9.07. The number of aryl methyl sites for hydroxylation is 1. The fraction of sp³-hybridized carbons (Fsp3) is 0.143. The quantitative estimate of drug-likeness (QED) is 0.758. The molecule has 0 radical (unpaired) electrons. The largest absolute Gasteiger partial charge is 0.508 e. The smallest absolute Gasteiger partial charge is 0.118 e. The van der Waals surface area contributed by atoms with Gasteiger partial charge >= 0.3 is 0 Å². The van der Waals surface area contributed by atoms with Crippen LogP contribution in [0.3, 0.4) is 0 Å². The molecule has 0 heterocycles. The maximum atomic E-state index is 8.92. The molecule has 0 aromatic heterocycles. The zero-order valence-electron chi connectivity index (χ0n) is 5.26. The van der Waals surface area contributed by atoms with E-state index >= 15 is 0 Å². The van der Waals surface area contributed by atoms with Crippen molar-refractivity contribution in [2.45, 2.75) is 6.92 Å². The molecule has 46 valence electrons. The normalized spacial score (nSPS) is 8.11. The summed E-state index contributed by atoms with van der Waals surface area (Å²) >= 11 is 0. The summed E-state index contributed by atoms with van der Waals surface area (Å²) in [4.78, 5) is 0. The monoisotopic (exact) mass is 346 g/mol. The fourth-order valence-corrected chi connectivity index (χ4v) is 0.563. The van der Waals surface area contributed by atoms with Crippen LogP contribution in [0.5, 0.6) is 5.75 Å². The van der Waals surface area contributed by atoms with Crippen LogP contribution >= 0.6 is 0 Å². The first-order valence-electron chi connectivity index (χ1n) is 2.55. The van der Waals surface area contributed by atoms with Crippen molar-refractivity contribution in [3.8, 4) is 5.75 Å². The van der Waals surface area contributed by atoms with Gasteiger partial charge in [0.1, 0.15) is 5.75 Å². The molecular weight excluding hydrogens is 338 g/mol. The van der Waals surface area contributed by atoms with Crippen molar-refractivity contribution >= 4 is 0 Å². The first-order valence-corrected chi connectivity index (χ1v) is 2.55. The van der Waals surface area contributed by atoms with Crippen molar-refractivity contribution in [3.63, 3.8) is 0 Å². The van der Waals surface area contributed by atoms with Crippen molar-refractivity contribution in [3.05, 3.63) is 29.8 Å². The Labute approximate surface area is 78.5 Å². The van der Waals surface area contributed by atoms with Gasteiger partial charge in [0.25, 0.3) is 0 Å². The topological polar surface area (TPSA) is 20.2 Å². The van der Waals surface area contributed by atoms with Crippen molar-refractivity contribution in [2.24, 2.45) is 0 Å². The molecular formula is C7H8OU. The molecule has 1 aromatic rings. The third-order valence-electron chi connectivity index (χ3n) is 1.12. The molecule has 0 saturated heterocycles. The standard InChI is InChI=1S/C7H8O.U/c1-6-4-2-3-5-7(6)8;/h2-5,8H,1H3;. The van der Waals surface area contributed by atoms with E-state index in [-0.39, 0.29) is 31.1 Å². The van der Waals surface area contributed by atoms with Crippen LogP contribution in [0.25, 0.3) is 0 Å². The summed E-state index contributed by atoms with van der Waals surface area (Å²) in [6.45, 7) is 1.87. The molecule has 0 bridgehead atoms. The molecule has 0 atom stereocenters. The van der Waals surface area contributed by atoms with Crippen LogP contribution in [0.4, 0.5) is 0 Å². The van der Waals surface area contributed by atoms with Gasteiger partial charge in [0, 0.05) is 31.1 Å². The van der Waals surface area contributed by atoms with Gasteiger partial charge in [-0.3, -0.25) is 0 Å². The van der Waals surface area contributed by atoms with Crippen LogP contribution in [0.2, 0.25) is 0 Å². The summed E-state index contributed by atoms with van der Waals surface area (Å²) in [6.07, 6.45) is 0. The van der Waals surface area contributed by atoms with Crippen LogP contribution in [-0.4, -0.2) is 5.11 Å². The van der Waals surface area contributed by atoms with E-state index in [1.807, 2.05) is 25.1 Å². The van der Waals surface area contributed by atoms with Crippen LogP contribution in [0, 0.1) is 38.0 Å². The fourth-order valence-electron chi connectivity index (χ4n) is 0.563. The molecule has 0 fully saturated rings. The van der Waals surface area contributed by atoms with E-state index < -0.39 is 0 Å². The summed E-state index contributed by atoms with van der Waals surface area (Å²) in [7, 11) is 0. The first-order chi connectivity index (χ1) is 3.80. The van der Waals surface area contributed by atoms with Crippen LogP contribution < -0.4 is 0 Å². The Morgan fingerprint density at radius 1 is 1.22 bits per heavy atom. The molecule has 2 heteroatoms. The molecule has 1 N–H and O–H groups in total. The van der Waals surface area contributed by atoms with Crippen molar-refractivity contribution in [1.82, 2.24) is 0 Å². The van der Waals surface area contributed by atoms with Gasteiger partial charge in [-0.15, -0.1) is 0 Å². The third kappa shape index (κ3) is 2.43. The molecule has 1 aromatic carbocycles. The predicted octanol–water partition coefficient (Wildman–Crippen LogP) is 1.70. The summed E-state index contributed by atoms with van der Waals surface area (Å²) in [5.41, 5.74) is 0.924. The van der Waals surface area contributed by atoms with Gasteiger partial charge in [0.15, 0.2) is 0 Å². The van der Waals surface area contributed by atoms with E-state index in [1.165, 1.54) is 0 Å². The van der Waals surface area contributed by atoms with Gasteiger partial charge in [-0.05, 0) is 18.6 Å². The van der Waals surface area contributed by atoms with Gasteiger partial charge in [-0.2, -0.15) is 0 Å². The third-order valence-corrected chi connectivity index (χ3v) is 1.12. The number of hydrogen-bond donors (Lipinski definition) is 1. The number of phenols is 1. The minimum Gasteiger partial charge on any atom is -0.508 e. The molecule has 9 heavy (non-hydrogen) atoms. The number of aromatic hydroxyl groups is 1. The number of para-hydroxylation sites is 1. The van der Waals surface area contributed by atoms with Crippen molar-refractivity contribution in [2.75, 3.05) is 0 Å². The summed E-state index contributed by atoms with van der Waals surface area (Å²) in [6, 6.07) is 7.25.